The van der Waals surface area contributed by atoms with E-state index >= 15 is 0 Å². The molecule has 0 bridgehead atoms. The fraction of sp³-hybridized carbons (Fsp3) is 0.579. The second-order valence-electron chi connectivity index (χ2n) is 6.76. The first-order valence-electron chi connectivity index (χ1n) is 8.49. The van der Waals surface area contributed by atoms with Crippen molar-refractivity contribution in [3.8, 4) is 11.5 Å². The van der Waals surface area contributed by atoms with Crippen LogP contribution in [0.4, 0.5) is 0 Å². The van der Waals surface area contributed by atoms with Gasteiger partial charge in [0.15, 0.2) is 0 Å². The fourth-order valence-corrected chi connectivity index (χ4v) is 2.98. The molecule has 0 aromatic heterocycles. The summed E-state index contributed by atoms with van der Waals surface area (Å²) in [5, 5.41) is 12.0. The summed E-state index contributed by atoms with van der Waals surface area (Å²) in [5.74, 6) is 0.700. The van der Waals surface area contributed by atoms with Crippen LogP contribution in [0.5, 0.6) is 11.5 Å². The largest absolute Gasteiger partial charge is 0.497 e. The molecule has 2 atom stereocenters. The average Bonchev–Trinajstić information content (AvgIpc) is 2.52. The molecular weight excluding hydrogens is 322 g/mol. The Morgan fingerprint density at radius 2 is 1.80 bits per heavy atom. The van der Waals surface area contributed by atoms with E-state index in [0.717, 1.165) is 6.42 Å². The lowest BCUT2D eigenvalue weighted by Crippen LogP contribution is -2.31. The molecule has 0 aliphatic carbocycles. The quantitative estimate of drug-likeness (QED) is 0.675. The normalized spacial score (nSPS) is 13.2. The SMILES string of the molecule is COc1ccc(C(CC(=O)O)NC(=O)CC(C)CC(C)C)c(OC)c1. The molecule has 6 nitrogen and oxygen atoms in total. The first-order valence-corrected chi connectivity index (χ1v) is 8.49. The summed E-state index contributed by atoms with van der Waals surface area (Å²) in [6, 6.07) is 4.47. The zero-order valence-corrected chi connectivity index (χ0v) is 15.7. The maximum Gasteiger partial charge on any atom is 0.305 e. The molecule has 140 valence electrons. The highest BCUT2D eigenvalue weighted by Gasteiger charge is 2.23. The topological polar surface area (TPSA) is 84.9 Å². The Morgan fingerprint density at radius 1 is 1.12 bits per heavy atom. The summed E-state index contributed by atoms with van der Waals surface area (Å²) in [6.07, 6.45) is 1.10. The molecule has 0 aliphatic rings. The third-order valence-corrected chi connectivity index (χ3v) is 3.94. The number of amides is 1. The Balaban J connectivity index is 2.94. The maximum atomic E-state index is 12.4. The van der Waals surface area contributed by atoms with E-state index < -0.39 is 12.0 Å². The Bertz CT molecular complexity index is 585. The minimum atomic E-state index is -0.988. The van der Waals surface area contributed by atoms with Gasteiger partial charge in [0.05, 0.1) is 26.7 Å². The van der Waals surface area contributed by atoms with Crippen molar-refractivity contribution in [1.29, 1.82) is 0 Å². The number of ether oxygens (including phenoxy) is 2. The van der Waals surface area contributed by atoms with Gasteiger partial charge in [0, 0.05) is 18.1 Å². The number of carbonyl (C=O) groups excluding carboxylic acids is 1. The Hall–Kier alpha value is -2.24. The number of hydrogen-bond donors (Lipinski definition) is 2. The summed E-state index contributed by atoms with van der Waals surface area (Å²) >= 11 is 0. The molecule has 0 fully saturated rings. The van der Waals surface area contributed by atoms with Crippen molar-refractivity contribution in [3.63, 3.8) is 0 Å². The highest BCUT2D eigenvalue weighted by Crippen LogP contribution is 2.31. The van der Waals surface area contributed by atoms with E-state index in [9.17, 15) is 14.7 Å². The van der Waals surface area contributed by atoms with Gasteiger partial charge in [-0.3, -0.25) is 9.59 Å². The van der Waals surface area contributed by atoms with Crippen molar-refractivity contribution in [3.05, 3.63) is 23.8 Å². The van der Waals surface area contributed by atoms with Gasteiger partial charge in [0.2, 0.25) is 5.91 Å². The van der Waals surface area contributed by atoms with Gasteiger partial charge in [-0.25, -0.2) is 0 Å². The van der Waals surface area contributed by atoms with Crippen LogP contribution in [0.3, 0.4) is 0 Å². The van der Waals surface area contributed by atoms with Crippen LogP contribution in [0.15, 0.2) is 18.2 Å². The molecule has 0 aliphatic heterocycles. The van der Waals surface area contributed by atoms with Gasteiger partial charge in [-0.1, -0.05) is 20.8 Å². The van der Waals surface area contributed by atoms with Crippen molar-refractivity contribution < 1.29 is 24.2 Å². The summed E-state index contributed by atoms with van der Waals surface area (Å²) in [5.41, 5.74) is 0.621. The van der Waals surface area contributed by atoms with Crippen LogP contribution >= 0.6 is 0 Å². The summed E-state index contributed by atoms with van der Waals surface area (Å²) < 4.78 is 10.5. The molecular formula is C19H29NO5. The number of rotatable bonds is 10. The molecule has 0 saturated heterocycles. The predicted molar refractivity (Wildman–Crippen MR) is 95.9 cm³/mol. The standard InChI is InChI=1S/C19H29NO5/c1-12(2)8-13(3)9-18(21)20-16(11-19(22)23)15-7-6-14(24-4)10-17(15)25-5/h6-7,10,12-13,16H,8-9,11H2,1-5H3,(H,20,21)(H,22,23). The van der Waals surface area contributed by atoms with Crippen molar-refractivity contribution >= 4 is 11.9 Å². The molecule has 6 heteroatoms. The predicted octanol–water partition coefficient (Wildman–Crippen LogP) is 3.41. The zero-order valence-electron chi connectivity index (χ0n) is 15.7. The lowest BCUT2D eigenvalue weighted by Gasteiger charge is -2.22. The Labute approximate surface area is 149 Å². The smallest absolute Gasteiger partial charge is 0.305 e. The molecule has 0 spiro atoms. The van der Waals surface area contributed by atoms with E-state index in [4.69, 9.17) is 9.47 Å². The first kappa shape index (κ1) is 20.8. The molecule has 0 radical (unpaired) electrons. The van der Waals surface area contributed by atoms with Gasteiger partial charge in [-0.15, -0.1) is 0 Å². The lowest BCUT2D eigenvalue weighted by molar-refractivity contribution is -0.137. The average molecular weight is 351 g/mol. The van der Waals surface area contributed by atoms with Crippen molar-refractivity contribution in [1.82, 2.24) is 5.32 Å². The van der Waals surface area contributed by atoms with Crippen LogP contribution in [0.25, 0.3) is 0 Å². The van der Waals surface area contributed by atoms with E-state index in [1.807, 2.05) is 6.92 Å². The second kappa shape index (κ2) is 9.91. The molecule has 2 unspecified atom stereocenters. The van der Waals surface area contributed by atoms with Crippen LogP contribution < -0.4 is 14.8 Å². The number of hydrogen-bond acceptors (Lipinski definition) is 4. The van der Waals surface area contributed by atoms with Crippen LogP contribution in [-0.2, 0) is 9.59 Å². The molecule has 1 amide bonds. The van der Waals surface area contributed by atoms with Crippen molar-refractivity contribution in [2.75, 3.05) is 14.2 Å². The first-order chi connectivity index (χ1) is 11.8. The minimum Gasteiger partial charge on any atom is -0.497 e. The number of aliphatic carboxylic acids is 1. The third-order valence-electron chi connectivity index (χ3n) is 3.94. The molecule has 0 heterocycles. The number of nitrogens with one attached hydrogen (secondary N) is 1. The number of carboxylic acid groups (broad SMARTS) is 1. The van der Waals surface area contributed by atoms with E-state index in [-0.39, 0.29) is 18.2 Å². The Morgan fingerprint density at radius 3 is 2.32 bits per heavy atom. The number of carboxylic acids is 1. The van der Waals surface area contributed by atoms with Gasteiger partial charge >= 0.3 is 5.97 Å². The molecule has 2 N–H and O–H groups in total. The lowest BCUT2D eigenvalue weighted by atomic mass is 9.95. The molecule has 0 saturated carbocycles. The van der Waals surface area contributed by atoms with Crippen LogP contribution in [0, 0.1) is 11.8 Å². The van der Waals surface area contributed by atoms with Gasteiger partial charge < -0.3 is 19.9 Å². The molecule has 1 aromatic rings. The highest BCUT2D eigenvalue weighted by atomic mass is 16.5. The minimum absolute atomic E-state index is 0.155. The monoisotopic (exact) mass is 351 g/mol. The van der Waals surface area contributed by atoms with Gasteiger partial charge in [-0.05, 0) is 30.4 Å². The van der Waals surface area contributed by atoms with E-state index in [1.54, 1.807) is 25.3 Å². The highest BCUT2D eigenvalue weighted by molar-refractivity contribution is 5.78. The van der Waals surface area contributed by atoms with Crippen LogP contribution in [0.2, 0.25) is 0 Å². The number of methoxy groups -OCH3 is 2. The van der Waals surface area contributed by atoms with Crippen molar-refractivity contribution in [2.24, 2.45) is 11.8 Å². The van der Waals surface area contributed by atoms with E-state index in [2.05, 4.69) is 19.2 Å². The summed E-state index contributed by atoms with van der Waals surface area (Å²) in [6.45, 7) is 6.26. The van der Waals surface area contributed by atoms with Crippen LogP contribution in [-0.4, -0.2) is 31.2 Å². The number of carbonyl (C=O) groups is 2. The fourth-order valence-electron chi connectivity index (χ4n) is 2.98. The van der Waals surface area contributed by atoms with Gasteiger partial charge in [0.25, 0.3) is 0 Å². The number of benzene rings is 1. The van der Waals surface area contributed by atoms with Crippen molar-refractivity contribution in [2.45, 2.75) is 46.1 Å². The second-order valence-corrected chi connectivity index (χ2v) is 6.76. The third kappa shape index (κ3) is 7.03. The summed E-state index contributed by atoms with van der Waals surface area (Å²) in [4.78, 5) is 23.6. The molecule has 1 aromatic carbocycles. The van der Waals surface area contributed by atoms with Crippen LogP contribution in [0.1, 0.15) is 51.6 Å². The van der Waals surface area contributed by atoms with Gasteiger partial charge in [-0.2, -0.15) is 0 Å². The van der Waals surface area contributed by atoms with E-state index in [1.165, 1.54) is 7.11 Å². The zero-order chi connectivity index (χ0) is 19.0. The maximum absolute atomic E-state index is 12.4. The Kier molecular flexibility index (Phi) is 8.25. The summed E-state index contributed by atoms with van der Waals surface area (Å²) in [7, 11) is 3.05. The molecule has 25 heavy (non-hydrogen) atoms. The molecule has 1 rings (SSSR count). The van der Waals surface area contributed by atoms with E-state index in [0.29, 0.717) is 29.4 Å². The van der Waals surface area contributed by atoms with Gasteiger partial charge in [0.1, 0.15) is 11.5 Å².